The first-order valence-corrected chi connectivity index (χ1v) is 16.7. The lowest BCUT2D eigenvalue weighted by Gasteiger charge is -2.57. The van der Waals surface area contributed by atoms with Gasteiger partial charge in [0.15, 0.2) is 0 Å². The van der Waals surface area contributed by atoms with E-state index in [0.29, 0.717) is 11.2 Å². The van der Waals surface area contributed by atoms with Crippen LogP contribution in [0.15, 0.2) is 48.5 Å². The van der Waals surface area contributed by atoms with Gasteiger partial charge < -0.3 is 9.29 Å². The summed E-state index contributed by atoms with van der Waals surface area (Å²) in [6.45, 7) is 0. The number of hydrogen-bond acceptors (Lipinski definition) is 4. The summed E-state index contributed by atoms with van der Waals surface area (Å²) in [6, 6.07) is 14.3. The van der Waals surface area contributed by atoms with E-state index in [1.54, 1.807) is 12.1 Å². The average molecular weight is 589 g/mol. The molecule has 0 unspecified atom stereocenters. The fourth-order valence-corrected chi connectivity index (χ4v) is 11.2. The molecule has 4 nitrogen and oxygen atoms in total. The summed E-state index contributed by atoms with van der Waals surface area (Å²) in [5.74, 6) is 5.38. The van der Waals surface area contributed by atoms with Crippen LogP contribution in [0.5, 0.6) is 11.5 Å². The molecule has 8 saturated carbocycles. The normalized spacial score (nSPS) is 38.4. The second kappa shape index (κ2) is 9.65. The maximum Gasteiger partial charge on any atom is 0.534 e. The minimum Gasteiger partial charge on any atom is -0.508 e. The van der Waals surface area contributed by atoms with Crippen LogP contribution >= 0.6 is 0 Å². The molecule has 8 heteroatoms. The fourth-order valence-electron chi connectivity index (χ4n) is 10.8. The SMILES string of the molecule is O=S(=O)(Oc1ccc(C23CC4CC(CC(C4)C2)C3)cc1)C(F)(F)F.Oc1ccc(C23CC4CC(CC(C4)C2)C3)cc1. The van der Waals surface area contributed by atoms with Crippen LogP contribution in [0.1, 0.15) is 88.2 Å². The van der Waals surface area contributed by atoms with Gasteiger partial charge in [0, 0.05) is 0 Å². The predicted octanol–water partition coefficient (Wildman–Crippen LogP) is 8.24. The van der Waals surface area contributed by atoms with Crippen LogP contribution in [0.3, 0.4) is 0 Å². The molecule has 0 amide bonds. The molecule has 41 heavy (non-hydrogen) atoms. The van der Waals surface area contributed by atoms with E-state index in [-0.39, 0.29) is 11.2 Å². The summed E-state index contributed by atoms with van der Waals surface area (Å²) in [5.41, 5.74) is -2.21. The lowest BCUT2D eigenvalue weighted by Crippen LogP contribution is -2.48. The Hall–Kier alpha value is -2.22. The molecule has 1 N–H and O–H groups in total. The van der Waals surface area contributed by atoms with Gasteiger partial charge >= 0.3 is 15.6 Å². The van der Waals surface area contributed by atoms with Crippen LogP contribution in [0.25, 0.3) is 0 Å². The van der Waals surface area contributed by atoms with Gasteiger partial charge in [-0.3, -0.25) is 0 Å². The van der Waals surface area contributed by atoms with E-state index in [1.165, 1.54) is 75.5 Å². The lowest BCUT2D eigenvalue weighted by atomic mass is 9.48. The Morgan fingerprint density at radius 2 is 0.927 bits per heavy atom. The predicted molar refractivity (Wildman–Crippen MR) is 150 cm³/mol. The van der Waals surface area contributed by atoms with Gasteiger partial charge in [-0.1, -0.05) is 24.3 Å². The largest absolute Gasteiger partial charge is 0.534 e. The van der Waals surface area contributed by atoms with Crippen molar-refractivity contribution in [1.82, 2.24) is 0 Å². The van der Waals surface area contributed by atoms with E-state index in [1.807, 2.05) is 12.1 Å². The summed E-state index contributed by atoms with van der Waals surface area (Å²) >= 11 is 0. The summed E-state index contributed by atoms with van der Waals surface area (Å²) in [6.07, 6.45) is 16.1. The highest BCUT2D eigenvalue weighted by Crippen LogP contribution is 2.62. The third-order valence-corrected chi connectivity index (χ3v) is 12.5. The van der Waals surface area contributed by atoms with Crippen LogP contribution < -0.4 is 4.18 Å². The zero-order valence-corrected chi connectivity index (χ0v) is 24.1. The van der Waals surface area contributed by atoms with Gasteiger partial charge in [0.05, 0.1) is 0 Å². The standard InChI is InChI=1S/C17H19F3O3S.C16H20O/c18-17(19,20)24(21,22)23-15-3-1-14(2-4-15)16-8-11-5-12(9-16)7-13(6-11)10-16;17-15-3-1-14(2-4-15)16-8-11-5-12(9-16)7-13(6-11)10-16/h1-4,11-13H,5-10H2;1-4,11-13,17H,5-10H2. The zero-order chi connectivity index (χ0) is 28.6. The van der Waals surface area contributed by atoms with E-state index >= 15 is 0 Å². The van der Waals surface area contributed by atoms with Crippen LogP contribution in [-0.4, -0.2) is 19.0 Å². The Labute approximate surface area is 240 Å². The Morgan fingerprint density at radius 1 is 0.610 bits per heavy atom. The van der Waals surface area contributed by atoms with Crippen molar-refractivity contribution in [3.8, 4) is 11.5 Å². The number of alkyl halides is 3. The molecule has 8 aliphatic rings. The van der Waals surface area contributed by atoms with E-state index in [9.17, 15) is 26.7 Å². The molecule has 8 fully saturated rings. The molecule has 8 aliphatic carbocycles. The number of phenols is 1. The first-order valence-electron chi connectivity index (χ1n) is 15.3. The molecule has 2 aromatic rings. The fraction of sp³-hybridized carbons (Fsp3) is 0.636. The van der Waals surface area contributed by atoms with Gasteiger partial charge in [0.1, 0.15) is 11.5 Å². The highest BCUT2D eigenvalue weighted by molar-refractivity contribution is 7.88. The third kappa shape index (κ3) is 5.06. The van der Waals surface area contributed by atoms with Gasteiger partial charge in [0.2, 0.25) is 0 Å². The maximum atomic E-state index is 12.4. The van der Waals surface area contributed by atoms with E-state index in [2.05, 4.69) is 16.3 Å². The topological polar surface area (TPSA) is 63.6 Å². The second-order valence-electron chi connectivity index (χ2n) is 14.5. The molecule has 0 heterocycles. The highest BCUT2D eigenvalue weighted by Gasteiger charge is 2.53. The minimum atomic E-state index is -5.61. The van der Waals surface area contributed by atoms with Crippen molar-refractivity contribution in [2.24, 2.45) is 35.5 Å². The van der Waals surface area contributed by atoms with Gasteiger partial charge in [-0.25, -0.2) is 0 Å². The molecule has 0 aromatic heterocycles. The number of aromatic hydroxyl groups is 1. The van der Waals surface area contributed by atoms with E-state index < -0.39 is 15.6 Å². The number of halogens is 3. The second-order valence-corrected chi connectivity index (χ2v) is 16.0. The Morgan fingerprint density at radius 3 is 1.24 bits per heavy atom. The van der Waals surface area contributed by atoms with Crippen molar-refractivity contribution < 1.29 is 30.9 Å². The van der Waals surface area contributed by atoms with Gasteiger partial charge in [-0.05, 0) is 159 Å². The van der Waals surface area contributed by atoms with Crippen molar-refractivity contribution in [2.45, 2.75) is 93.4 Å². The summed E-state index contributed by atoms with van der Waals surface area (Å²) in [4.78, 5) is 0. The monoisotopic (exact) mass is 588 g/mol. The number of benzene rings is 2. The molecule has 10 rings (SSSR count). The Bertz CT molecular complexity index is 1310. The maximum absolute atomic E-state index is 12.4. The average Bonchev–Trinajstić information content (AvgIpc) is 2.87. The first kappa shape index (κ1) is 27.6. The molecule has 0 radical (unpaired) electrons. The van der Waals surface area contributed by atoms with Crippen LogP contribution in [-0.2, 0) is 20.9 Å². The Balaban J connectivity index is 0.000000142. The molecular weight excluding hydrogens is 549 g/mol. The number of phenolic OH excluding ortho intramolecular Hbond substituents is 1. The van der Waals surface area contributed by atoms with Crippen molar-refractivity contribution >= 4 is 10.1 Å². The smallest absolute Gasteiger partial charge is 0.508 e. The molecule has 0 aliphatic heterocycles. The zero-order valence-electron chi connectivity index (χ0n) is 23.3. The van der Waals surface area contributed by atoms with Crippen molar-refractivity contribution in [1.29, 1.82) is 0 Å². The van der Waals surface area contributed by atoms with Gasteiger partial charge in [-0.2, -0.15) is 21.6 Å². The van der Waals surface area contributed by atoms with Gasteiger partial charge in [-0.15, -0.1) is 0 Å². The van der Waals surface area contributed by atoms with Crippen LogP contribution in [0.4, 0.5) is 13.2 Å². The number of hydrogen-bond donors (Lipinski definition) is 1. The minimum absolute atomic E-state index is 0.121. The Kier molecular flexibility index (Phi) is 6.50. The van der Waals surface area contributed by atoms with E-state index in [0.717, 1.165) is 60.3 Å². The first-order chi connectivity index (χ1) is 19.4. The number of rotatable bonds is 4. The van der Waals surface area contributed by atoms with Crippen LogP contribution in [0.2, 0.25) is 0 Å². The molecule has 0 spiro atoms. The molecular formula is C33H39F3O4S. The molecule has 0 saturated heterocycles. The molecule has 222 valence electrons. The van der Waals surface area contributed by atoms with Crippen molar-refractivity contribution in [2.75, 3.05) is 0 Å². The summed E-state index contributed by atoms with van der Waals surface area (Å²) in [5, 5.41) is 9.44. The molecule has 0 atom stereocenters. The molecule has 2 aromatic carbocycles. The summed E-state index contributed by atoms with van der Waals surface area (Å²) < 4.78 is 63.5. The van der Waals surface area contributed by atoms with Crippen molar-refractivity contribution in [3.63, 3.8) is 0 Å². The quantitative estimate of drug-likeness (QED) is 0.289. The van der Waals surface area contributed by atoms with Crippen LogP contribution in [0, 0.1) is 35.5 Å². The van der Waals surface area contributed by atoms with E-state index in [4.69, 9.17) is 0 Å². The third-order valence-electron chi connectivity index (χ3n) is 11.5. The summed E-state index contributed by atoms with van der Waals surface area (Å²) in [7, 11) is -5.61. The highest BCUT2D eigenvalue weighted by atomic mass is 32.2. The van der Waals surface area contributed by atoms with Gasteiger partial charge in [0.25, 0.3) is 0 Å². The molecule has 8 bridgehead atoms. The van der Waals surface area contributed by atoms with Crippen molar-refractivity contribution in [3.05, 3.63) is 59.7 Å². The lowest BCUT2D eigenvalue weighted by molar-refractivity contribution is -0.0500.